The minimum absolute atomic E-state index is 0.0743. The first kappa shape index (κ1) is 29.2. The van der Waals surface area contributed by atoms with Gasteiger partial charge in [0.05, 0.1) is 26.4 Å². The number of rotatable bonds is 7. The van der Waals surface area contributed by atoms with Crippen molar-refractivity contribution in [3.63, 3.8) is 0 Å². The third-order valence-corrected chi connectivity index (χ3v) is 8.92. The number of nitrogens with one attached hydrogen (secondary N) is 2. The van der Waals surface area contributed by atoms with E-state index in [0.29, 0.717) is 24.3 Å². The fraction of sp³-hybridized carbons (Fsp3) is 0.412. The Hall–Kier alpha value is -3.92. The number of aryl methyl sites for hydroxylation is 2. The molecule has 2 fully saturated rings. The number of nitrogens with zero attached hydrogens (tertiary/aromatic N) is 3. The van der Waals surface area contributed by atoms with Gasteiger partial charge >= 0.3 is 0 Å². The van der Waals surface area contributed by atoms with Crippen molar-refractivity contribution in [1.29, 1.82) is 0 Å². The summed E-state index contributed by atoms with van der Waals surface area (Å²) in [5.74, 6) is -0.188. The van der Waals surface area contributed by atoms with Crippen LogP contribution in [0.4, 0.5) is 5.69 Å². The van der Waals surface area contributed by atoms with Crippen molar-refractivity contribution in [3.05, 3.63) is 92.7 Å². The van der Waals surface area contributed by atoms with Gasteiger partial charge in [-0.25, -0.2) is 0 Å². The van der Waals surface area contributed by atoms with Crippen LogP contribution in [0.25, 0.3) is 16.6 Å². The number of ether oxygens (including phenoxy) is 2. The Balaban J connectivity index is 1.36. The van der Waals surface area contributed by atoms with Gasteiger partial charge in [-0.1, -0.05) is 12.1 Å². The molecule has 0 aliphatic carbocycles. The highest BCUT2D eigenvalue weighted by Gasteiger charge is 2.26. The Labute approximate surface area is 252 Å². The molecule has 43 heavy (non-hydrogen) atoms. The van der Waals surface area contributed by atoms with Gasteiger partial charge in [0.2, 0.25) is 0 Å². The van der Waals surface area contributed by atoms with Crippen molar-refractivity contribution in [2.45, 2.75) is 40.3 Å². The number of anilines is 1. The summed E-state index contributed by atoms with van der Waals surface area (Å²) in [5, 5.41) is 3.03. The summed E-state index contributed by atoms with van der Waals surface area (Å²) in [6.45, 7) is 14.6. The summed E-state index contributed by atoms with van der Waals surface area (Å²) in [7, 11) is 0. The van der Waals surface area contributed by atoms with E-state index < -0.39 is 0 Å². The number of pyridine rings is 2. The third kappa shape index (κ3) is 5.98. The SMILES string of the molecule is Cc1cc(C)c(CNC(=O)c2cc3cc(-c4ccc(N5CCOCC5)cc4)cn3c(C(C)N3CCOCC3)c2C)c(=O)[nH]1. The van der Waals surface area contributed by atoms with Gasteiger partial charge in [0.15, 0.2) is 0 Å². The van der Waals surface area contributed by atoms with Gasteiger partial charge in [-0.3, -0.25) is 14.5 Å². The molecule has 0 spiro atoms. The second kappa shape index (κ2) is 12.4. The van der Waals surface area contributed by atoms with Crippen LogP contribution in [0.2, 0.25) is 0 Å². The summed E-state index contributed by atoms with van der Waals surface area (Å²) >= 11 is 0. The number of aromatic amines is 1. The maximum Gasteiger partial charge on any atom is 0.253 e. The average Bonchev–Trinajstić information content (AvgIpc) is 3.44. The fourth-order valence-electron chi connectivity index (χ4n) is 6.47. The quantitative estimate of drug-likeness (QED) is 0.336. The normalized spacial score (nSPS) is 16.9. The summed E-state index contributed by atoms with van der Waals surface area (Å²) in [6.07, 6.45) is 2.19. The van der Waals surface area contributed by atoms with Crippen LogP contribution in [0, 0.1) is 20.8 Å². The lowest BCUT2D eigenvalue weighted by atomic mass is 10.0. The smallest absolute Gasteiger partial charge is 0.253 e. The number of hydrogen-bond acceptors (Lipinski definition) is 6. The van der Waals surface area contributed by atoms with E-state index >= 15 is 0 Å². The zero-order valence-corrected chi connectivity index (χ0v) is 25.5. The first-order valence-corrected chi connectivity index (χ1v) is 15.2. The van der Waals surface area contributed by atoms with Crippen LogP contribution in [0.3, 0.4) is 0 Å². The molecule has 9 heteroatoms. The Morgan fingerprint density at radius 1 is 0.930 bits per heavy atom. The third-order valence-electron chi connectivity index (χ3n) is 8.92. The molecule has 2 aliphatic rings. The predicted molar refractivity (Wildman–Crippen MR) is 169 cm³/mol. The van der Waals surface area contributed by atoms with E-state index in [9.17, 15) is 9.59 Å². The highest BCUT2D eigenvalue weighted by molar-refractivity contribution is 5.97. The van der Waals surface area contributed by atoms with Crippen LogP contribution in [-0.2, 0) is 16.0 Å². The average molecular weight is 584 g/mol. The van der Waals surface area contributed by atoms with Gasteiger partial charge in [-0.05, 0) is 74.7 Å². The van der Waals surface area contributed by atoms with Crippen LogP contribution < -0.4 is 15.8 Å². The Morgan fingerprint density at radius 3 is 2.28 bits per heavy atom. The second-order valence-electron chi connectivity index (χ2n) is 11.7. The molecule has 2 N–H and O–H groups in total. The monoisotopic (exact) mass is 583 g/mol. The molecule has 0 radical (unpaired) electrons. The van der Waals surface area contributed by atoms with Gasteiger partial charge in [0.25, 0.3) is 11.5 Å². The molecule has 1 atom stereocenters. The van der Waals surface area contributed by atoms with Crippen molar-refractivity contribution in [3.8, 4) is 11.1 Å². The number of benzene rings is 1. The van der Waals surface area contributed by atoms with Crippen LogP contribution in [0.5, 0.6) is 0 Å². The van der Waals surface area contributed by atoms with Crippen LogP contribution >= 0.6 is 0 Å². The number of carbonyl (C=O) groups is 1. The van der Waals surface area contributed by atoms with Crippen molar-refractivity contribution in [2.75, 3.05) is 57.5 Å². The van der Waals surface area contributed by atoms with E-state index in [-0.39, 0.29) is 24.1 Å². The summed E-state index contributed by atoms with van der Waals surface area (Å²) in [5.41, 5.74) is 9.12. The first-order valence-electron chi connectivity index (χ1n) is 15.2. The molecule has 0 saturated carbocycles. The lowest BCUT2D eigenvalue weighted by Crippen LogP contribution is -2.39. The molecule has 5 heterocycles. The van der Waals surface area contributed by atoms with E-state index in [0.717, 1.165) is 78.6 Å². The summed E-state index contributed by atoms with van der Waals surface area (Å²) in [4.78, 5) is 33.9. The molecule has 1 amide bonds. The standard InChI is InChI=1S/C34H41N5O4/c1-22-17-23(2)36-34(41)31(22)20-35-33(40)30-19-29-18-27(26-5-7-28(8-6-26)38-11-15-43-16-12-38)21-39(29)32(24(30)3)25(4)37-9-13-42-14-10-37/h5-8,17-19,21,25H,9-16,20H2,1-4H3,(H,35,40)(H,36,41). The molecule has 226 valence electrons. The Kier molecular flexibility index (Phi) is 8.38. The van der Waals surface area contributed by atoms with Crippen LogP contribution in [-0.4, -0.2) is 72.8 Å². The second-order valence-corrected chi connectivity index (χ2v) is 11.7. The number of aromatic nitrogens is 2. The first-order chi connectivity index (χ1) is 20.8. The van der Waals surface area contributed by atoms with E-state index in [1.54, 1.807) is 0 Å². The maximum atomic E-state index is 13.7. The summed E-state index contributed by atoms with van der Waals surface area (Å²) < 4.78 is 13.4. The van der Waals surface area contributed by atoms with Gasteiger partial charge in [-0.2, -0.15) is 0 Å². The maximum absolute atomic E-state index is 13.7. The molecule has 6 rings (SSSR count). The van der Waals surface area contributed by atoms with Crippen LogP contribution in [0.1, 0.15) is 51.4 Å². The molecular formula is C34H41N5O4. The molecular weight excluding hydrogens is 542 g/mol. The number of carbonyl (C=O) groups excluding carboxylic acids is 1. The highest BCUT2D eigenvalue weighted by Crippen LogP contribution is 2.33. The number of fused-ring (bicyclic) bond motifs is 1. The molecule has 2 aliphatic heterocycles. The minimum atomic E-state index is -0.188. The zero-order chi connectivity index (χ0) is 30.1. The predicted octanol–water partition coefficient (Wildman–Crippen LogP) is 4.38. The topological polar surface area (TPSA) is 91.3 Å². The number of morpholine rings is 2. The Bertz CT molecular complexity index is 1680. The van der Waals surface area contributed by atoms with Gasteiger partial charge in [0, 0.05) is 84.2 Å². The van der Waals surface area contributed by atoms with Gasteiger partial charge < -0.3 is 29.1 Å². The molecule has 9 nitrogen and oxygen atoms in total. The van der Waals surface area contributed by atoms with Crippen molar-refractivity contribution >= 4 is 17.1 Å². The van der Waals surface area contributed by atoms with Gasteiger partial charge in [0.1, 0.15) is 0 Å². The van der Waals surface area contributed by atoms with Crippen molar-refractivity contribution in [1.82, 2.24) is 19.6 Å². The minimum Gasteiger partial charge on any atom is -0.379 e. The molecule has 3 aromatic heterocycles. The van der Waals surface area contributed by atoms with Crippen molar-refractivity contribution in [2.24, 2.45) is 0 Å². The van der Waals surface area contributed by atoms with E-state index in [1.807, 2.05) is 32.9 Å². The number of amides is 1. The molecule has 4 aromatic rings. The lowest BCUT2D eigenvalue weighted by Gasteiger charge is -2.34. The van der Waals surface area contributed by atoms with E-state index in [1.165, 1.54) is 5.69 Å². The molecule has 1 aromatic carbocycles. The molecule has 1 unspecified atom stereocenters. The zero-order valence-electron chi connectivity index (χ0n) is 25.5. The van der Waals surface area contributed by atoms with Crippen LogP contribution in [0.15, 0.2) is 53.5 Å². The fourth-order valence-corrected chi connectivity index (χ4v) is 6.47. The lowest BCUT2D eigenvalue weighted by molar-refractivity contribution is 0.0187. The molecule has 0 bridgehead atoms. The van der Waals surface area contributed by atoms with Crippen molar-refractivity contribution < 1.29 is 14.3 Å². The summed E-state index contributed by atoms with van der Waals surface area (Å²) in [6, 6.07) is 14.8. The van der Waals surface area contributed by atoms with E-state index in [2.05, 4.69) is 68.0 Å². The largest absolute Gasteiger partial charge is 0.379 e. The molecule has 2 saturated heterocycles. The van der Waals surface area contributed by atoms with Gasteiger partial charge in [-0.15, -0.1) is 0 Å². The Morgan fingerprint density at radius 2 is 1.60 bits per heavy atom. The number of hydrogen-bond donors (Lipinski definition) is 2. The van der Waals surface area contributed by atoms with E-state index in [4.69, 9.17) is 9.47 Å². The number of H-pyrrole nitrogens is 1. The highest BCUT2D eigenvalue weighted by atomic mass is 16.5.